The molecule has 142 valence electrons. The molecule has 0 saturated carbocycles. The maximum absolute atomic E-state index is 13.5. The smallest absolute Gasteiger partial charge is 0.229 e. The fraction of sp³-hybridized carbons (Fsp3) is 0.300. The van der Waals surface area contributed by atoms with E-state index >= 15 is 0 Å². The summed E-state index contributed by atoms with van der Waals surface area (Å²) >= 11 is 3.03. The van der Waals surface area contributed by atoms with E-state index in [1.54, 1.807) is 22.7 Å². The van der Waals surface area contributed by atoms with Gasteiger partial charge in [0, 0.05) is 30.2 Å². The van der Waals surface area contributed by atoms with Crippen LogP contribution < -0.4 is 4.90 Å². The van der Waals surface area contributed by atoms with Gasteiger partial charge in [-0.1, -0.05) is 29.5 Å². The van der Waals surface area contributed by atoms with Gasteiger partial charge in [-0.3, -0.25) is 9.69 Å². The molecule has 0 aliphatic rings. The number of hydrogen-bond acceptors (Lipinski definition) is 5. The highest BCUT2D eigenvalue weighted by Gasteiger charge is 2.20. The van der Waals surface area contributed by atoms with E-state index in [0.717, 1.165) is 21.7 Å². The first-order chi connectivity index (χ1) is 13.0. The predicted octanol–water partition coefficient (Wildman–Crippen LogP) is 4.51. The number of anilines is 1. The SMILES string of the molecule is CN(C)CCN(C(=O)CCSc1ccccc1)c1nc2ccc(F)cc2s1. The molecule has 0 spiro atoms. The van der Waals surface area contributed by atoms with E-state index in [-0.39, 0.29) is 11.7 Å². The average Bonchev–Trinajstić information content (AvgIpc) is 3.05. The van der Waals surface area contributed by atoms with Gasteiger partial charge in [-0.2, -0.15) is 0 Å². The first-order valence-electron chi connectivity index (χ1n) is 8.72. The summed E-state index contributed by atoms with van der Waals surface area (Å²) in [5.74, 6) is 0.462. The van der Waals surface area contributed by atoms with Crippen molar-refractivity contribution in [1.82, 2.24) is 9.88 Å². The van der Waals surface area contributed by atoms with Crippen LogP contribution in [0.5, 0.6) is 0 Å². The molecule has 0 fully saturated rings. The number of hydrogen-bond donors (Lipinski definition) is 0. The van der Waals surface area contributed by atoms with Crippen LogP contribution in [0.2, 0.25) is 0 Å². The van der Waals surface area contributed by atoms with Crippen LogP contribution in [0.4, 0.5) is 9.52 Å². The molecule has 2 aromatic carbocycles. The highest BCUT2D eigenvalue weighted by molar-refractivity contribution is 7.99. The average molecular weight is 404 g/mol. The first-order valence-corrected chi connectivity index (χ1v) is 10.5. The number of nitrogens with zero attached hydrogens (tertiary/aromatic N) is 3. The van der Waals surface area contributed by atoms with Gasteiger partial charge < -0.3 is 4.90 Å². The number of aromatic nitrogens is 1. The van der Waals surface area contributed by atoms with Crippen LogP contribution in [-0.4, -0.2) is 48.7 Å². The second kappa shape index (κ2) is 9.30. The molecule has 0 saturated heterocycles. The lowest BCUT2D eigenvalue weighted by Gasteiger charge is -2.22. The molecule has 4 nitrogen and oxygen atoms in total. The maximum Gasteiger partial charge on any atom is 0.229 e. The summed E-state index contributed by atoms with van der Waals surface area (Å²) in [7, 11) is 3.95. The van der Waals surface area contributed by atoms with Crippen molar-refractivity contribution in [3.63, 3.8) is 0 Å². The van der Waals surface area contributed by atoms with Crippen molar-refractivity contribution in [3.05, 3.63) is 54.3 Å². The molecule has 1 aromatic heterocycles. The second-order valence-corrected chi connectivity index (χ2v) is 8.55. The lowest BCUT2D eigenvalue weighted by Crippen LogP contribution is -2.36. The number of thioether (sulfide) groups is 1. The van der Waals surface area contributed by atoms with Crippen molar-refractivity contribution in [3.8, 4) is 0 Å². The van der Waals surface area contributed by atoms with Crippen molar-refractivity contribution >= 4 is 44.4 Å². The molecule has 0 N–H and O–H groups in total. The standard InChI is InChI=1S/C20H22FN3OS2/c1-23(2)11-12-24(19(25)10-13-26-16-6-4-3-5-7-16)20-22-17-9-8-15(21)14-18(17)27-20/h3-9,14H,10-13H2,1-2H3. The molecule has 0 aliphatic carbocycles. The van der Waals surface area contributed by atoms with E-state index in [2.05, 4.69) is 4.98 Å². The zero-order valence-corrected chi connectivity index (χ0v) is 17.0. The Bertz CT molecular complexity index is 899. The zero-order chi connectivity index (χ0) is 19.2. The lowest BCUT2D eigenvalue weighted by molar-refractivity contribution is -0.118. The van der Waals surface area contributed by atoms with Gasteiger partial charge in [0.1, 0.15) is 5.82 Å². The summed E-state index contributed by atoms with van der Waals surface area (Å²) in [6.45, 7) is 1.30. The molecule has 0 unspecified atom stereocenters. The van der Waals surface area contributed by atoms with Crippen LogP contribution in [0.1, 0.15) is 6.42 Å². The van der Waals surface area contributed by atoms with Crippen molar-refractivity contribution in [2.24, 2.45) is 0 Å². The summed E-state index contributed by atoms with van der Waals surface area (Å²) in [4.78, 5) is 22.3. The van der Waals surface area contributed by atoms with Gasteiger partial charge in [-0.25, -0.2) is 9.37 Å². The van der Waals surface area contributed by atoms with Crippen LogP contribution in [0, 0.1) is 5.82 Å². The number of fused-ring (bicyclic) bond motifs is 1. The Labute approximate surface area is 167 Å². The topological polar surface area (TPSA) is 36.4 Å². The third kappa shape index (κ3) is 5.51. The van der Waals surface area contributed by atoms with E-state index < -0.39 is 0 Å². The number of rotatable bonds is 8. The Morgan fingerprint density at radius 1 is 1.15 bits per heavy atom. The Morgan fingerprint density at radius 2 is 1.93 bits per heavy atom. The van der Waals surface area contributed by atoms with Gasteiger partial charge in [0.2, 0.25) is 5.91 Å². The highest BCUT2D eigenvalue weighted by atomic mass is 32.2. The van der Waals surface area contributed by atoms with Gasteiger partial charge >= 0.3 is 0 Å². The number of likely N-dealkylation sites (N-methyl/N-ethyl adjacent to an activating group) is 1. The Kier molecular flexibility index (Phi) is 6.82. The lowest BCUT2D eigenvalue weighted by atomic mass is 10.3. The molecule has 3 aromatic rings. The monoisotopic (exact) mass is 403 g/mol. The predicted molar refractivity (Wildman–Crippen MR) is 112 cm³/mol. The van der Waals surface area contributed by atoms with Gasteiger partial charge in [0.25, 0.3) is 0 Å². The van der Waals surface area contributed by atoms with Crippen LogP contribution in [0.15, 0.2) is 53.4 Å². The van der Waals surface area contributed by atoms with Crippen LogP contribution in [-0.2, 0) is 4.79 Å². The maximum atomic E-state index is 13.5. The van der Waals surface area contributed by atoms with Crippen LogP contribution in [0.3, 0.4) is 0 Å². The largest absolute Gasteiger partial charge is 0.308 e. The number of carbonyl (C=O) groups is 1. The van der Waals surface area contributed by atoms with Crippen molar-refractivity contribution < 1.29 is 9.18 Å². The van der Waals surface area contributed by atoms with Gasteiger partial charge in [-0.15, -0.1) is 11.8 Å². The molecule has 1 amide bonds. The van der Waals surface area contributed by atoms with Gasteiger partial charge in [0.05, 0.1) is 10.2 Å². The molecular weight excluding hydrogens is 381 g/mol. The number of carbonyl (C=O) groups excluding carboxylic acids is 1. The quantitative estimate of drug-likeness (QED) is 0.519. The summed E-state index contributed by atoms with van der Waals surface area (Å²) < 4.78 is 14.2. The molecule has 27 heavy (non-hydrogen) atoms. The fourth-order valence-corrected chi connectivity index (χ4v) is 4.43. The van der Waals surface area contributed by atoms with E-state index in [0.29, 0.717) is 23.8 Å². The summed E-state index contributed by atoms with van der Waals surface area (Å²) in [5.41, 5.74) is 0.720. The Morgan fingerprint density at radius 3 is 2.67 bits per heavy atom. The van der Waals surface area contributed by atoms with Crippen molar-refractivity contribution in [2.75, 3.05) is 37.8 Å². The Hall–Kier alpha value is -1.96. The summed E-state index contributed by atoms with van der Waals surface area (Å²) in [6, 6.07) is 14.6. The molecule has 7 heteroatoms. The normalized spacial score (nSPS) is 11.3. The van der Waals surface area contributed by atoms with Crippen molar-refractivity contribution in [1.29, 1.82) is 0 Å². The Balaban J connectivity index is 1.71. The number of halogens is 1. The molecule has 1 heterocycles. The minimum atomic E-state index is -0.289. The molecule has 0 bridgehead atoms. The van der Waals surface area contributed by atoms with Gasteiger partial charge in [-0.05, 0) is 44.4 Å². The number of amides is 1. The summed E-state index contributed by atoms with van der Waals surface area (Å²) in [6.07, 6.45) is 0.428. The highest BCUT2D eigenvalue weighted by Crippen LogP contribution is 2.30. The minimum Gasteiger partial charge on any atom is -0.308 e. The van der Waals surface area contributed by atoms with E-state index in [1.807, 2.05) is 49.3 Å². The first kappa shape index (κ1) is 19.8. The van der Waals surface area contributed by atoms with E-state index in [4.69, 9.17) is 0 Å². The number of benzene rings is 2. The number of thiazole rings is 1. The molecule has 0 atom stereocenters. The molecule has 3 rings (SSSR count). The molecule has 0 aliphatic heterocycles. The minimum absolute atomic E-state index is 0.0415. The van der Waals surface area contributed by atoms with Crippen LogP contribution >= 0.6 is 23.1 Å². The van der Waals surface area contributed by atoms with E-state index in [9.17, 15) is 9.18 Å². The van der Waals surface area contributed by atoms with Crippen molar-refractivity contribution in [2.45, 2.75) is 11.3 Å². The van der Waals surface area contributed by atoms with E-state index in [1.165, 1.54) is 23.5 Å². The molecular formula is C20H22FN3OS2. The van der Waals surface area contributed by atoms with Gasteiger partial charge in [0.15, 0.2) is 5.13 Å². The zero-order valence-electron chi connectivity index (χ0n) is 15.4. The summed E-state index contributed by atoms with van der Waals surface area (Å²) in [5, 5.41) is 0.632. The molecule has 0 radical (unpaired) electrons. The third-order valence-electron chi connectivity index (χ3n) is 3.97. The second-order valence-electron chi connectivity index (χ2n) is 6.37. The van der Waals surface area contributed by atoms with Crippen LogP contribution in [0.25, 0.3) is 10.2 Å². The fourth-order valence-electron chi connectivity index (χ4n) is 2.54. The third-order valence-corrected chi connectivity index (χ3v) is 6.02.